The monoisotopic (exact) mass is 342 g/mol. The van der Waals surface area contributed by atoms with Crippen LogP contribution < -0.4 is 9.47 Å². The minimum absolute atomic E-state index is 0.116. The first-order valence-corrected chi connectivity index (χ1v) is 6.83. The number of benzene rings is 2. The summed E-state index contributed by atoms with van der Waals surface area (Å²) in [5.74, 6) is 0.259. The molecule has 3 aromatic rings. The highest BCUT2D eigenvalue weighted by Crippen LogP contribution is 2.35. The van der Waals surface area contributed by atoms with Crippen LogP contribution in [0.4, 0.5) is 13.2 Å². The Morgan fingerprint density at radius 2 is 1.74 bits per heavy atom. The van der Waals surface area contributed by atoms with Crippen LogP contribution in [-0.4, -0.2) is 17.1 Å². The van der Waals surface area contributed by atoms with Gasteiger partial charge in [0.05, 0.1) is 23.2 Å². The van der Waals surface area contributed by atoms with E-state index in [4.69, 9.17) is 21.1 Å². The molecule has 0 aliphatic heterocycles. The lowest BCUT2D eigenvalue weighted by atomic mass is 10.3. The highest BCUT2D eigenvalue weighted by Gasteiger charge is 2.34. The summed E-state index contributed by atoms with van der Waals surface area (Å²) in [7, 11) is 1.54. The van der Waals surface area contributed by atoms with Crippen LogP contribution >= 0.6 is 11.6 Å². The molecule has 8 heteroatoms. The van der Waals surface area contributed by atoms with Gasteiger partial charge in [0.25, 0.3) is 0 Å². The molecule has 0 saturated heterocycles. The molecule has 0 saturated carbocycles. The van der Waals surface area contributed by atoms with Crippen molar-refractivity contribution >= 4 is 22.6 Å². The standard InChI is InChI=1S/C15H10ClF3N2O2/c1-22-8-2-4-9(5-3-8)23-13-7-12-11(6-10(13)16)20-14(21-12)15(17,18)19/h2-7H,1H3,(H,20,21). The van der Waals surface area contributed by atoms with E-state index in [1.165, 1.54) is 19.2 Å². The van der Waals surface area contributed by atoms with Gasteiger partial charge in [0, 0.05) is 6.07 Å². The van der Waals surface area contributed by atoms with Crippen molar-refractivity contribution in [1.29, 1.82) is 0 Å². The molecule has 0 fully saturated rings. The predicted octanol–water partition coefficient (Wildman–Crippen LogP) is 5.04. The van der Waals surface area contributed by atoms with E-state index in [-0.39, 0.29) is 21.8 Å². The van der Waals surface area contributed by atoms with Crippen molar-refractivity contribution in [2.24, 2.45) is 0 Å². The van der Waals surface area contributed by atoms with Crippen LogP contribution in [0.25, 0.3) is 11.0 Å². The fraction of sp³-hybridized carbons (Fsp3) is 0.133. The van der Waals surface area contributed by atoms with Gasteiger partial charge in [-0.15, -0.1) is 0 Å². The average molecular weight is 343 g/mol. The molecule has 1 aromatic heterocycles. The predicted molar refractivity (Wildman–Crippen MR) is 79.2 cm³/mol. The molecule has 0 amide bonds. The zero-order chi connectivity index (χ0) is 16.6. The molecule has 0 aliphatic rings. The topological polar surface area (TPSA) is 47.1 Å². The Hall–Kier alpha value is -2.41. The number of aromatic amines is 1. The van der Waals surface area contributed by atoms with E-state index in [1.54, 1.807) is 24.3 Å². The second-order valence-corrected chi connectivity index (χ2v) is 5.07. The second kappa shape index (κ2) is 5.66. The van der Waals surface area contributed by atoms with Gasteiger partial charge in [0.2, 0.25) is 5.82 Å². The number of nitrogens with one attached hydrogen (secondary N) is 1. The maximum absolute atomic E-state index is 12.7. The van der Waals surface area contributed by atoms with Gasteiger partial charge in [-0.2, -0.15) is 13.2 Å². The number of fused-ring (bicyclic) bond motifs is 1. The van der Waals surface area contributed by atoms with Crippen LogP contribution in [0.3, 0.4) is 0 Å². The van der Waals surface area contributed by atoms with Crippen LogP contribution in [0, 0.1) is 0 Å². The first-order valence-electron chi connectivity index (χ1n) is 6.45. The Kier molecular flexibility index (Phi) is 3.81. The Morgan fingerprint density at radius 3 is 2.35 bits per heavy atom. The summed E-state index contributed by atoms with van der Waals surface area (Å²) in [6, 6.07) is 9.40. The van der Waals surface area contributed by atoms with Crippen molar-refractivity contribution in [3.8, 4) is 17.2 Å². The van der Waals surface area contributed by atoms with Crippen LogP contribution in [0.1, 0.15) is 5.82 Å². The van der Waals surface area contributed by atoms with Crippen LogP contribution in [-0.2, 0) is 6.18 Å². The van der Waals surface area contributed by atoms with Crippen molar-refractivity contribution in [1.82, 2.24) is 9.97 Å². The number of imidazole rings is 1. The Labute approximate surface area is 133 Å². The number of ether oxygens (including phenoxy) is 2. The molecule has 120 valence electrons. The van der Waals surface area contributed by atoms with E-state index in [2.05, 4.69) is 9.97 Å². The molecule has 1 heterocycles. The highest BCUT2D eigenvalue weighted by atomic mass is 35.5. The van der Waals surface area contributed by atoms with Gasteiger partial charge >= 0.3 is 6.18 Å². The third kappa shape index (κ3) is 3.19. The summed E-state index contributed by atoms with van der Waals surface area (Å²) in [6.45, 7) is 0. The second-order valence-electron chi connectivity index (χ2n) is 4.66. The van der Waals surface area contributed by atoms with E-state index < -0.39 is 12.0 Å². The zero-order valence-corrected chi connectivity index (χ0v) is 12.5. The fourth-order valence-electron chi connectivity index (χ4n) is 1.99. The minimum Gasteiger partial charge on any atom is -0.497 e. The third-order valence-corrected chi connectivity index (χ3v) is 3.39. The van der Waals surface area contributed by atoms with Crippen molar-refractivity contribution in [3.05, 3.63) is 47.2 Å². The van der Waals surface area contributed by atoms with Crippen molar-refractivity contribution in [2.75, 3.05) is 7.11 Å². The molecule has 0 atom stereocenters. The molecular weight excluding hydrogens is 333 g/mol. The van der Waals surface area contributed by atoms with Crippen molar-refractivity contribution < 1.29 is 22.6 Å². The number of rotatable bonds is 3. The molecule has 23 heavy (non-hydrogen) atoms. The lowest BCUT2D eigenvalue weighted by Gasteiger charge is -2.08. The molecule has 0 bridgehead atoms. The maximum Gasteiger partial charge on any atom is 0.449 e. The van der Waals surface area contributed by atoms with E-state index >= 15 is 0 Å². The number of H-pyrrole nitrogens is 1. The molecule has 0 spiro atoms. The molecular formula is C15H10ClF3N2O2. The highest BCUT2D eigenvalue weighted by molar-refractivity contribution is 6.32. The van der Waals surface area contributed by atoms with Gasteiger partial charge in [-0.3, -0.25) is 0 Å². The smallest absolute Gasteiger partial charge is 0.449 e. The van der Waals surface area contributed by atoms with Crippen LogP contribution in [0.5, 0.6) is 17.2 Å². The first kappa shape index (κ1) is 15.5. The number of hydrogen-bond acceptors (Lipinski definition) is 3. The molecule has 3 rings (SSSR count). The summed E-state index contributed by atoms with van der Waals surface area (Å²) in [5.41, 5.74) is 0.301. The average Bonchev–Trinajstić information content (AvgIpc) is 2.91. The summed E-state index contributed by atoms with van der Waals surface area (Å²) < 4.78 is 48.6. The van der Waals surface area contributed by atoms with Gasteiger partial charge in [-0.1, -0.05) is 11.6 Å². The van der Waals surface area contributed by atoms with Crippen LogP contribution in [0.15, 0.2) is 36.4 Å². The van der Waals surface area contributed by atoms with E-state index in [1.807, 2.05) is 0 Å². The molecule has 0 unspecified atom stereocenters. The lowest BCUT2D eigenvalue weighted by molar-refractivity contribution is -0.144. The molecule has 0 radical (unpaired) electrons. The van der Waals surface area contributed by atoms with Gasteiger partial charge in [0.1, 0.15) is 17.2 Å². The summed E-state index contributed by atoms with van der Waals surface area (Å²) in [4.78, 5) is 5.71. The van der Waals surface area contributed by atoms with Gasteiger partial charge in [0.15, 0.2) is 0 Å². The maximum atomic E-state index is 12.7. The summed E-state index contributed by atoms with van der Waals surface area (Å²) >= 11 is 6.06. The lowest BCUT2D eigenvalue weighted by Crippen LogP contribution is -2.06. The Morgan fingerprint density at radius 1 is 1.09 bits per heavy atom. The molecule has 1 N–H and O–H groups in total. The van der Waals surface area contributed by atoms with Crippen LogP contribution in [0.2, 0.25) is 5.02 Å². The number of nitrogens with zero attached hydrogens (tertiary/aromatic N) is 1. The zero-order valence-electron chi connectivity index (χ0n) is 11.7. The molecule has 2 aromatic carbocycles. The Balaban J connectivity index is 1.95. The summed E-state index contributed by atoms with van der Waals surface area (Å²) in [5, 5.41) is 0.172. The van der Waals surface area contributed by atoms with Crippen molar-refractivity contribution in [2.45, 2.75) is 6.18 Å². The quantitative estimate of drug-likeness (QED) is 0.725. The van der Waals surface area contributed by atoms with E-state index in [0.29, 0.717) is 11.5 Å². The number of methoxy groups -OCH3 is 1. The van der Waals surface area contributed by atoms with Gasteiger partial charge in [-0.25, -0.2) is 4.98 Å². The third-order valence-electron chi connectivity index (χ3n) is 3.09. The fourth-order valence-corrected chi connectivity index (χ4v) is 2.20. The van der Waals surface area contributed by atoms with Gasteiger partial charge < -0.3 is 14.5 Å². The largest absolute Gasteiger partial charge is 0.497 e. The molecule has 4 nitrogen and oxygen atoms in total. The number of alkyl halides is 3. The number of aromatic nitrogens is 2. The number of hydrogen-bond donors (Lipinski definition) is 1. The van der Waals surface area contributed by atoms with Crippen molar-refractivity contribution in [3.63, 3.8) is 0 Å². The first-order chi connectivity index (χ1) is 10.9. The SMILES string of the molecule is COc1ccc(Oc2cc3nc(C(F)(F)F)[nH]c3cc2Cl)cc1. The number of halogens is 4. The normalized spacial score (nSPS) is 11.7. The minimum atomic E-state index is -4.55. The van der Waals surface area contributed by atoms with E-state index in [0.717, 1.165) is 0 Å². The molecule has 0 aliphatic carbocycles. The Bertz CT molecular complexity index is 844. The summed E-state index contributed by atoms with van der Waals surface area (Å²) in [6.07, 6.45) is -4.55. The van der Waals surface area contributed by atoms with Gasteiger partial charge in [-0.05, 0) is 30.3 Å². The van der Waals surface area contributed by atoms with E-state index in [9.17, 15) is 13.2 Å².